The highest BCUT2D eigenvalue weighted by atomic mass is 16.5. The number of nitrogens with two attached hydrogens (primary N) is 1. The van der Waals surface area contributed by atoms with Crippen molar-refractivity contribution in [3.05, 3.63) is 23.8 Å². The van der Waals surface area contributed by atoms with Crippen LogP contribution in [0.2, 0.25) is 0 Å². The normalized spacial score (nSPS) is 16.8. The van der Waals surface area contributed by atoms with Gasteiger partial charge in [-0.05, 0) is 51.6 Å². The predicted molar refractivity (Wildman–Crippen MR) is 84.7 cm³/mol. The molecule has 20 heavy (non-hydrogen) atoms. The van der Waals surface area contributed by atoms with Crippen LogP contribution in [-0.2, 0) is 0 Å². The zero-order chi connectivity index (χ0) is 14.5. The van der Waals surface area contributed by atoms with Crippen molar-refractivity contribution in [2.45, 2.75) is 25.8 Å². The first-order valence-electron chi connectivity index (χ1n) is 7.45. The van der Waals surface area contributed by atoms with Crippen LogP contribution in [0, 0.1) is 6.92 Å². The fraction of sp³-hybridized carbons (Fsp3) is 0.625. The molecule has 0 atom stereocenters. The molecule has 0 amide bonds. The van der Waals surface area contributed by atoms with E-state index in [9.17, 15) is 0 Å². The molecule has 0 aliphatic carbocycles. The van der Waals surface area contributed by atoms with Gasteiger partial charge in [-0.15, -0.1) is 0 Å². The van der Waals surface area contributed by atoms with Gasteiger partial charge in [0.15, 0.2) is 0 Å². The number of ether oxygens (including phenoxy) is 1. The Morgan fingerprint density at radius 2 is 2.00 bits per heavy atom. The average molecular weight is 277 g/mol. The summed E-state index contributed by atoms with van der Waals surface area (Å²) in [7, 11) is 4.12. The van der Waals surface area contributed by atoms with Crippen LogP contribution in [0.4, 0.5) is 5.69 Å². The largest absolute Gasteiger partial charge is 0.490 e. The van der Waals surface area contributed by atoms with Gasteiger partial charge in [-0.25, -0.2) is 0 Å². The Labute approximate surface area is 122 Å². The molecule has 1 aliphatic rings. The first-order chi connectivity index (χ1) is 9.56. The molecule has 0 saturated carbocycles. The fourth-order valence-electron chi connectivity index (χ4n) is 2.48. The van der Waals surface area contributed by atoms with Crippen molar-refractivity contribution in [2.75, 3.05) is 45.2 Å². The molecule has 1 aromatic rings. The van der Waals surface area contributed by atoms with E-state index >= 15 is 0 Å². The SMILES string of the molecule is Cc1ccc(OCCN(C)C)c(N2CCC(N)CC2)c1. The second kappa shape index (κ2) is 6.95. The van der Waals surface area contributed by atoms with Crippen LogP contribution in [0.15, 0.2) is 18.2 Å². The summed E-state index contributed by atoms with van der Waals surface area (Å²) < 4.78 is 5.97. The topological polar surface area (TPSA) is 41.7 Å². The molecule has 4 nitrogen and oxygen atoms in total. The van der Waals surface area contributed by atoms with Gasteiger partial charge in [0.1, 0.15) is 12.4 Å². The first kappa shape index (κ1) is 15.1. The molecule has 1 fully saturated rings. The molecule has 0 bridgehead atoms. The third kappa shape index (κ3) is 4.12. The maximum Gasteiger partial charge on any atom is 0.142 e. The molecule has 1 aliphatic heterocycles. The van der Waals surface area contributed by atoms with Gasteiger partial charge in [0.05, 0.1) is 5.69 Å². The molecule has 0 unspecified atom stereocenters. The van der Waals surface area contributed by atoms with Crippen LogP contribution in [0.1, 0.15) is 18.4 Å². The Morgan fingerprint density at radius 1 is 1.30 bits per heavy atom. The summed E-state index contributed by atoms with van der Waals surface area (Å²) in [5.74, 6) is 0.993. The van der Waals surface area contributed by atoms with Gasteiger partial charge in [0, 0.05) is 25.7 Å². The monoisotopic (exact) mass is 277 g/mol. The van der Waals surface area contributed by atoms with Crippen molar-refractivity contribution in [3.8, 4) is 5.75 Å². The predicted octanol–water partition coefficient (Wildman–Crippen LogP) is 1.86. The molecule has 4 heteroatoms. The number of benzene rings is 1. The molecule has 0 radical (unpaired) electrons. The number of hydrogen-bond donors (Lipinski definition) is 1. The zero-order valence-electron chi connectivity index (χ0n) is 12.9. The fourth-order valence-corrected chi connectivity index (χ4v) is 2.48. The van der Waals surface area contributed by atoms with E-state index in [1.54, 1.807) is 0 Å². The molecule has 0 spiro atoms. The summed E-state index contributed by atoms with van der Waals surface area (Å²) in [6.07, 6.45) is 2.12. The highest BCUT2D eigenvalue weighted by Gasteiger charge is 2.19. The van der Waals surface area contributed by atoms with E-state index < -0.39 is 0 Å². The molecule has 1 aromatic carbocycles. The number of hydrogen-bond acceptors (Lipinski definition) is 4. The van der Waals surface area contributed by atoms with E-state index in [-0.39, 0.29) is 0 Å². The molecular formula is C16H27N3O. The van der Waals surface area contributed by atoms with Gasteiger partial charge in [-0.3, -0.25) is 0 Å². The van der Waals surface area contributed by atoms with Crippen LogP contribution in [0.3, 0.4) is 0 Å². The van der Waals surface area contributed by atoms with E-state index in [1.165, 1.54) is 11.3 Å². The van der Waals surface area contributed by atoms with Crippen LogP contribution in [0.5, 0.6) is 5.75 Å². The highest BCUT2D eigenvalue weighted by Crippen LogP contribution is 2.31. The van der Waals surface area contributed by atoms with E-state index in [2.05, 4.69) is 49.0 Å². The molecule has 1 heterocycles. The minimum atomic E-state index is 0.356. The summed E-state index contributed by atoms with van der Waals surface area (Å²) >= 11 is 0. The lowest BCUT2D eigenvalue weighted by molar-refractivity contribution is 0.261. The maximum atomic E-state index is 5.99. The minimum absolute atomic E-state index is 0.356. The second-order valence-electron chi connectivity index (χ2n) is 5.95. The summed E-state index contributed by atoms with van der Waals surface area (Å²) in [4.78, 5) is 4.54. The Kier molecular flexibility index (Phi) is 5.26. The van der Waals surface area contributed by atoms with Crippen molar-refractivity contribution in [1.82, 2.24) is 4.90 Å². The van der Waals surface area contributed by atoms with E-state index in [1.807, 2.05) is 0 Å². The lowest BCUT2D eigenvalue weighted by Crippen LogP contribution is -2.39. The van der Waals surface area contributed by atoms with Crippen molar-refractivity contribution in [2.24, 2.45) is 5.73 Å². The van der Waals surface area contributed by atoms with Gasteiger partial charge in [0.25, 0.3) is 0 Å². The quantitative estimate of drug-likeness (QED) is 0.892. The number of rotatable bonds is 5. The molecular weight excluding hydrogens is 250 g/mol. The number of aryl methyl sites for hydroxylation is 1. The maximum absolute atomic E-state index is 5.99. The standard InChI is InChI=1S/C16H27N3O/c1-13-4-5-16(20-11-10-18(2)3)15(12-13)19-8-6-14(17)7-9-19/h4-5,12,14H,6-11,17H2,1-3H3. The number of nitrogens with zero attached hydrogens (tertiary/aromatic N) is 2. The van der Waals surface area contributed by atoms with Crippen molar-refractivity contribution >= 4 is 5.69 Å². The minimum Gasteiger partial charge on any atom is -0.490 e. The summed E-state index contributed by atoms with van der Waals surface area (Å²) in [5, 5.41) is 0. The van der Waals surface area contributed by atoms with Crippen molar-refractivity contribution < 1.29 is 4.74 Å². The van der Waals surface area contributed by atoms with Crippen LogP contribution < -0.4 is 15.4 Å². The van der Waals surface area contributed by atoms with Gasteiger partial charge in [0.2, 0.25) is 0 Å². The molecule has 2 rings (SSSR count). The number of anilines is 1. The molecule has 1 saturated heterocycles. The van der Waals surface area contributed by atoms with Gasteiger partial charge >= 0.3 is 0 Å². The molecule has 112 valence electrons. The Morgan fingerprint density at radius 3 is 2.65 bits per heavy atom. The van der Waals surface area contributed by atoms with Gasteiger partial charge in [-0.2, -0.15) is 0 Å². The summed E-state index contributed by atoms with van der Waals surface area (Å²) in [6.45, 7) is 5.82. The van der Waals surface area contributed by atoms with Gasteiger partial charge < -0.3 is 20.3 Å². The van der Waals surface area contributed by atoms with Crippen molar-refractivity contribution in [1.29, 1.82) is 0 Å². The van der Waals surface area contributed by atoms with E-state index in [0.29, 0.717) is 6.04 Å². The van der Waals surface area contributed by atoms with Crippen LogP contribution >= 0.6 is 0 Å². The molecule has 2 N–H and O–H groups in total. The number of piperidine rings is 1. The summed E-state index contributed by atoms with van der Waals surface area (Å²) in [6, 6.07) is 6.79. The second-order valence-corrected chi connectivity index (χ2v) is 5.95. The van der Waals surface area contributed by atoms with Gasteiger partial charge in [-0.1, -0.05) is 6.07 Å². The lowest BCUT2D eigenvalue weighted by Gasteiger charge is -2.33. The highest BCUT2D eigenvalue weighted by molar-refractivity contribution is 5.60. The number of likely N-dealkylation sites (N-methyl/N-ethyl adjacent to an activating group) is 1. The third-order valence-electron chi connectivity index (χ3n) is 3.79. The average Bonchev–Trinajstić information content (AvgIpc) is 2.41. The Balaban J connectivity index is 2.07. The molecule has 0 aromatic heterocycles. The van der Waals surface area contributed by atoms with Crippen LogP contribution in [0.25, 0.3) is 0 Å². The Bertz CT molecular complexity index is 426. The Hall–Kier alpha value is -1.26. The summed E-state index contributed by atoms with van der Waals surface area (Å²) in [5.41, 5.74) is 8.48. The zero-order valence-corrected chi connectivity index (χ0v) is 12.9. The van der Waals surface area contributed by atoms with Crippen LogP contribution in [-0.4, -0.2) is 51.3 Å². The third-order valence-corrected chi connectivity index (χ3v) is 3.79. The lowest BCUT2D eigenvalue weighted by atomic mass is 10.0. The smallest absolute Gasteiger partial charge is 0.142 e. The first-order valence-corrected chi connectivity index (χ1v) is 7.45. The van der Waals surface area contributed by atoms with E-state index in [4.69, 9.17) is 10.5 Å². The van der Waals surface area contributed by atoms with E-state index in [0.717, 1.165) is 44.8 Å². The van der Waals surface area contributed by atoms with Crippen molar-refractivity contribution in [3.63, 3.8) is 0 Å².